The van der Waals surface area contributed by atoms with E-state index in [-0.39, 0.29) is 23.1 Å². The third-order valence-corrected chi connectivity index (χ3v) is 4.20. The standard InChI is InChI=1S/C21H22N4O5/c1-13(2)25-18(10-11-22-25)24-19(26)14(3)30-21(28)15-7-4-5-8-16(15)23-20(27)17-9-6-12-29-17/h4-14H,1-3H3,(H,23,27)(H,24,26)/t14-/m1/s1. The van der Waals surface area contributed by atoms with Crippen LogP contribution < -0.4 is 10.6 Å². The van der Waals surface area contributed by atoms with Gasteiger partial charge in [-0.25, -0.2) is 9.48 Å². The number of nitrogens with zero attached hydrogens (tertiary/aromatic N) is 2. The highest BCUT2D eigenvalue weighted by molar-refractivity contribution is 6.07. The maximum Gasteiger partial charge on any atom is 0.341 e. The molecule has 0 unspecified atom stereocenters. The molecule has 3 aromatic rings. The Balaban J connectivity index is 1.67. The van der Waals surface area contributed by atoms with Gasteiger partial charge in [-0.3, -0.25) is 9.59 Å². The fourth-order valence-electron chi connectivity index (χ4n) is 2.69. The molecule has 0 fully saturated rings. The summed E-state index contributed by atoms with van der Waals surface area (Å²) in [6.07, 6.45) is 1.88. The van der Waals surface area contributed by atoms with E-state index in [2.05, 4.69) is 15.7 Å². The van der Waals surface area contributed by atoms with E-state index in [4.69, 9.17) is 9.15 Å². The van der Waals surface area contributed by atoms with Crippen LogP contribution in [-0.4, -0.2) is 33.7 Å². The van der Waals surface area contributed by atoms with Crippen LogP contribution in [0.1, 0.15) is 47.7 Å². The molecular weight excluding hydrogens is 388 g/mol. The summed E-state index contributed by atoms with van der Waals surface area (Å²) >= 11 is 0. The maximum atomic E-state index is 12.6. The van der Waals surface area contributed by atoms with E-state index >= 15 is 0 Å². The van der Waals surface area contributed by atoms with Gasteiger partial charge in [0.05, 0.1) is 23.7 Å². The first-order valence-electron chi connectivity index (χ1n) is 9.36. The summed E-state index contributed by atoms with van der Waals surface area (Å²) in [7, 11) is 0. The maximum absolute atomic E-state index is 12.6. The molecular formula is C21H22N4O5. The smallest absolute Gasteiger partial charge is 0.341 e. The highest BCUT2D eigenvalue weighted by Crippen LogP contribution is 2.19. The Morgan fingerprint density at radius 3 is 2.50 bits per heavy atom. The van der Waals surface area contributed by atoms with E-state index in [0.29, 0.717) is 5.82 Å². The fraction of sp³-hybridized carbons (Fsp3) is 0.238. The van der Waals surface area contributed by atoms with Gasteiger partial charge < -0.3 is 19.8 Å². The summed E-state index contributed by atoms with van der Waals surface area (Å²) in [6, 6.07) is 11.2. The second-order valence-corrected chi connectivity index (χ2v) is 6.77. The van der Waals surface area contributed by atoms with Crippen LogP contribution in [0.2, 0.25) is 0 Å². The summed E-state index contributed by atoms with van der Waals surface area (Å²) in [5.41, 5.74) is 0.360. The van der Waals surface area contributed by atoms with Gasteiger partial charge in [-0.1, -0.05) is 12.1 Å². The van der Waals surface area contributed by atoms with Gasteiger partial charge in [0.25, 0.3) is 11.8 Å². The van der Waals surface area contributed by atoms with Crippen LogP contribution in [0.4, 0.5) is 11.5 Å². The highest BCUT2D eigenvalue weighted by Gasteiger charge is 2.23. The molecule has 0 aliphatic heterocycles. The molecule has 9 nitrogen and oxygen atoms in total. The summed E-state index contributed by atoms with van der Waals surface area (Å²) in [4.78, 5) is 37.3. The number of furan rings is 1. The first-order chi connectivity index (χ1) is 14.4. The highest BCUT2D eigenvalue weighted by atomic mass is 16.5. The molecule has 3 rings (SSSR count). The minimum absolute atomic E-state index is 0.0535. The van der Waals surface area contributed by atoms with Gasteiger partial charge in [-0.2, -0.15) is 5.10 Å². The van der Waals surface area contributed by atoms with E-state index in [1.54, 1.807) is 41.2 Å². The number of esters is 1. The van der Waals surface area contributed by atoms with Crippen molar-refractivity contribution in [3.05, 3.63) is 66.2 Å². The molecule has 0 aliphatic carbocycles. The molecule has 9 heteroatoms. The topological polar surface area (TPSA) is 115 Å². The van der Waals surface area contributed by atoms with Gasteiger partial charge in [-0.15, -0.1) is 0 Å². The predicted molar refractivity (Wildman–Crippen MR) is 109 cm³/mol. The number of aromatic nitrogens is 2. The van der Waals surface area contributed by atoms with Gasteiger partial charge in [0.2, 0.25) is 0 Å². The van der Waals surface area contributed by atoms with Crippen molar-refractivity contribution in [3.8, 4) is 0 Å². The van der Waals surface area contributed by atoms with Crippen molar-refractivity contribution >= 4 is 29.3 Å². The van der Waals surface area contributed by atoms with Gasteiger partial charge in [-0.05, 0) is 45.0 Å². The second-order valence-electron chi connectivity index (χ2n) is 6.77. The molecule has 2 aromatic heterocycles. The van der Waals surface area contributed by atoms with Crippen molar-refractivity contribution in [2.24, 2.45) is 0 Å². The van der Waals surface area contributed by atoms with Crippen LogP contribution >= 0.6 is 0 Å². The van der Waals surface area contributed by atoms with Crippen molar-refractivity contribution in [1.82, 2.24) is 9.78 Å². The lowest BCUT2D eigenvalue weighted by molar-refractivity contribution is -0.123. The van der Waals surface area contributed by atoms with Gasteiger partial charge in [0.1, 0.15) is 5.82 Å². The molecule has 30 heavy (non-hydrogen) atoms. The average Bonchev–Trinajstić information content (AvgIpc) is 3.40. The lowest BCUT2D eigenvalue weighted by Crippen LogP contribution is -2.31. The van der Waals surface area contributed by atoms with Crippen LogP contribution in [-0.2, 0) is 9.53 Å². The van der Waals surface area contributed by atoms with Crippen molar-refractivity contribution in [3.63, 3.8) is 0 Å². The van der Waals surface area contributed by atoms with Gasteiger partial charge in [0.15, 0.2) is 11.9 Å². The number of hydrogen-bond donors (Lipinski definition) is 2. The number of nitrogens with one attached hydrogen (secondary N) is 2. The molecule has 2 N–H and O–H groups in total. The number of carbonyl (C=O) groups excluding carboxylic acids is 3. The molecule has 0 bridgehead atoms. The Kier molecular flexibility index (Phi) is 6.31. The third kappa shape index (κ3) is 4.75. The molecule has 0 spiro atoms. The number of hydrogen-bond acceptors (Lipinski definition) is 6. The monoisotopic (exact) mass is 410 g/mol. The quantitative estimate of drug-likeness (QED) is 0.576. The average molecular weight is 410 g/mol. The van der Waals surface area contributed by atoms with E-state index in [0.717, 1.165) is 0 Å². The van der Waals surface area contributed by atoms with Crippen LogP contribution in [0.3, 0.4) is 0 Å². The van der Waals surface area contributed by atoms with E-state index in [1.807, 2.05) is 13.8 Å². The van der Waals surface area contributed by atoms with Gasteiger partial charge >= 0.3 is 5.97 Å². The lowest BCUT2D eigenvalue weighted by Gasteiger charge is -2.16. The van der Waals surface area contributed by atoms with Crippen LogP contribution in [0.25, 0.3) is 0 Å². The second kappa shape index (κ2) is 9.08. The third-order valence-electron chi connectivity index (χ3n) is 4.20. The molecule has 1 atom stereocenters. The largest absolute Gasteiger partial charge is 0.459 e. The van der Waals surface area contributed by atoms with Crippen molar-refractivity contribution in [1.29, 1.82) is 0 Å². The number of amides is 2. The molecule has 1 aromatic carbocycles. The normalized spacial score (nSPS) is 11.7. The minimum atomic E-state index is -1.07. The summed E-state index contributed by atoms with van der Waals surface area (Å²) in [6.45, 7) is 5.33. The van der Waals surface area contributed by atoms with E-state index < -0.39 is 23.9 Å². The molecule has 0 aliphatic rings. The Hall–Kier alpha value is -3.88. The Bertz CT molecular complexity index is 1040. The van der Waals surface area contributed by atoms with Crippen molar-refractivity contribution in [2.75, 3.05) is 10.6 Å². The molecule has 2 amide bonds. The van der Waals surface area contributed by atoms with E-state index in [9.17, 15) is 14.4 Å². The summed E-state index contributed by atoms with van der Waals surface area (Å²) in [5.74, 6) is -1.14. The zero-order valence-corrected chi connectivity index (χ0v) is 16.8. The molecule has 0 radical (unpaired) electrons. The first kappa shape index (κ1) is 20.8. The molecule has 0 saturated carbocycles. The van der Waals surface area contributed by atoms with Crippen molar-refractivity contribution in [2.45, 2.75) is 32.9 Å². The Labute approximate surface area is 173 Å². The van der Waals surface area contributed by atoms with E-state index in [1.165, 1.54) is 25.3 Å². The number of rotatable bonds is 7. The Morgan fingerprint density at radius 2 is 1.80 bits per heavy atom. The number of ether oxygens (including phenoxy) is 1. The zero-order chi connectivity index (χ0) is 21.7. The first-order valence-corrected chi connectivity index (χ1v) is 9.36. The fourth-order valence-corrected chi connectivity index (χ4v) is 2.69. The summed E-state index contributed by atoms with van der Waals surface area (Å²) in [5, 5.41) is 9.45. The van der Waals surface area contributed by atoms with Crippen LogP contribution in [0, 0.1) is 0 Å². The predicted octanol–water partition coefficient (Wildman–Crippen LogP) is 3.49. The number of benzene rings is 1. The Morgan fingerprint density at radius 1 is 1.03 bits per heavy atom. The molecule has 156 valence electrons. The van der Waals surface area contributed by atoms with Crippen LogP contribution in [0.15, 0.2) is 59.3 Å². The number of anilines is 2. The lowest BCUT2D eigenvalue weighted by atomic mass is 10.1. The SMILES string of the molecule is CC(C)n1nccc1NC(=O)[C@@H](C)OC(=O)c1ccccc1NC(=O)c1ccco1. The van der Waals surface area contributed by atoms with Gasteiger partial charge in [0, 0.05) is 12.1 Å². The molecule has 2 heterocycles. The molecule has 0 saturated heterocycles. The summed E-state index contributed by atoms with van der Waals surface area (Å²) < 4.78 is 12.0. The van der Waals surface area contributed by atoms with Crippen molar-refractivity contribution < 1.29 is 23.5 Å². The number of carbonyl (C=O) groups is 3. The number of para-hydroxylation sites is 1. The zero-order valence-electron chi connectivity index (χ0n) is 16.8. The minimum Gasteiger partial charge on any atom is -0.459 e. The van der Waals surface area contributed by atoms with Crippen LogP contribution in [0.5, 0.6) is 0 Å².